The first-order chi connectivity index (χ1) is 4.70. The lowest BCUT2D eigenvalue weighted by Crippen LogP contribution is -2.04. The summed E-state index contributed by atoms with van der Waals surface area (Å²) < 4.78 is 0. The van der Waals surface area contributed by atoms with E-state index < -0.39 is 0 Å². The molecule has 0 fully saturated rings. The fourth-order valence-corrected chi connectivity index (χ4v) is 1.11. The van der Waals surface area contributed by atoms with Crippen molar-refractivity contribution in [2.24, 2.45) is 5.92 Å². The Morgan fingerprint density at radius 3 is 2.80 bits per heavy atom. The minimum Gasteiger partial charge on any atom is -0.295 e. The number of carbonyl (C=O) groups is 1. The van der Waals surface area contributed by atoms with Gasteiger partial charge in [-0.15, -0.1) is 0 Å². The van der Waals surface area contributed by atoms with Crippen molar-refractivity contribution in [3.8, 4) is 0 Å². The van der Waals surface area contributed by atoms with Crippen LogP contribution in [-0.2, 0) is 4.79 Å². The maximum absolute atomic E-state index is 10.8. The van der Waals surface area contributed by atoms with Crippen LogP contribution in [0.3, 0.4) is 0 Å². The third kappa shape index (κ3) is 1.56. The highest BCUT2D eigenvalue weighted by atomic mass is 16.1. The Labute approximate surface area is 61.4 Å². The average molecular weight is 136 g/mol. The van der Waals surface area contributed by atoms with E-state index in [1.54, 1.807) is 6.92 Å². The summed E-state index contributed by atoms with van der Waals surface area (Å²) in [5, 5.41) is 0. The predicted octanol–water partition coefficient (Wildman–Crippen LogP) is 2.10. The fraction of sp³-hybridized carbons (Fsp3) is 0.444. The number of hydrogen-bond donors (Lipinski definition) is 0. The summed E-state index contributed by atoms with van der Waals surface area (Å²) >= 11 is 0. The molecule has 1 nitrogen and oxygen atoms in total. The number of carbonyl (C=O) groups excluding carboxylic acids is 1. The Kier molecular flexibility index (Phi) is 2.05. The molecule has 0 bridgehead atoms. The third-order valence-corrected chi connectivity index (χ3v) is 1.73. The van der Waals surface area contributed by atoms with Crippen LogP contribution < -0.4 is 0 Å². The zero-order valence-electron chi connectivity index (χ0n) is 6.42. The highest BCUT2D eigenvalue weighted by Gasteiger charge is 2.09. The van der Waals surface area contributed by atoms with Crippen molar-refractivity contribution in [2.75, 3.05) is 0 Å². The first-order valence-electron chi connectivity index (χ1n) is 3.58. The zero-order chi connectivity index (χ0) is 7.56. The van der Waals surface area contributed by atoms with Crippen molar-refractivity contribution >= 4 is 5.78 Å². The Morgan fingerprint density at radius 2 is 2.40 bits per heavy atom. The minimum atomic E-state index is 0.205. The molecule has 10 heavy (non-hydrogen) atoms. The minimum absolute atomic E-state index is 0.205. The van der Waals surface area contributed by atoms with Crippen LogP contribution in [0.5, 0.6) is 0 Å². The van der Waals surface area contributed by atoms with Crippen molar-refractivity contribution in [3.63, 3.8) is 0 Å². The SMILES string of the molecule is CC(=O)C1=CC=CC(C)C1. The van der Waals surface area contributed by atoms with Crippen LogP contribution in [-0.4, -0.2) is 5.78 Å². The molecule has 0 N–H and O–H groups in total. The summed E-state index contributed by atoms with van der Waals surface area (Å²) in [7, 11) is 0. The van der Waals surface area contributed by atoms with Gasteiger partial charge < -0.3 is 0 Å². The Balaban J connectivity index is 2.71. The zero-order valence-corrected chi connectivity index (χ0v) is 6.42. The normalized spacial score (nSPS) is 24.2. The molecule has 1 aliphatic carbocycles. The highest BCUT2D eigenvalue weighted by Crippen LogP contribution is 2.17. The van der Waals surface area contributed by atoms with E-state index in [4.69, 9.17) is 0 Å². The predicted molar refractivity (Wildman–Crippen MR) is 41.7 cm³/mol. The molecule has 1 heteroatoms. The van der Waals surface area contributed by atoms with Gasteiger partial charge in [0.15, 0.2) is 5.78 Å². The molecule has 0 heterocycles. The number of allylic oxidation sites excluding steroid dienone is 4. The number of rotatable bonds is 1. The van der Waals surface area contributed by atoms with Gasteiger partial charge in [0.05, 0.1) is 0 Å². The molecule has 0 spiro atoms. The summed E-state index contributed by atoms with van der Waals surface area (Å²) in [5.74, 6) is 0.736. The molecule has 0 aromatic rings. The smallest absolute Gasteiger partial charge is 0.155 e. The van der Waals surface area contributed by atoms with E-state index in [1.807, 2.05) is 12.2 Å². The number of ketones is 1. The van der Waals surface area contributed by atoms with Gasteiger partial charge in [0.25, 0.3) is 0 Å². The summed E-state index contributed by atoms with van der Waals surface area (Å²) in [6, 6.07) is 0. The summed E-state index contributed by atoms with van der Waals surface area (Å²) in [5.41, 5.74) is 0.954. The second-order valence-corrected chi connectivity index (χ2v) is 2.81. The molecule has 0 radical (unpaired) electrons. The fourth-order valence-electron chi connectivity index (χ4n) is 1.11. The molecule has 0 aromatic heterocycles. The van der Waals surface area contributed by atoms with Gasteiger partial charge in [-0.3, -0.25) is 4.79 Å². The maximum Gasteiger partial charge on any atom is 0.155 e. The van der Waals surface area contributed by atoms with Crippen molar-refractivity contribution in [2.45, 2.75) is 20.3 Å². The monoisotopic (exact) mass is 136 g/mol. The van der Waals surface area contributed by atoms with Crippen molar-refractivity contribution < 1.29 is 4.79 Å². The Hall–Kier alpha value is -0.850. The van der Waals surface area contributed by atoms with Crippen LogP contribution >= 0.6 is 0 Å². The third-order valence-electron chi connectivity index (χ3n) is 1.73. The molecule has 54 valence electrons. The molecule has 0 saturated carbocycles. The Bertz CT molecular complexity index is 199. The lowest BCUT2D eigenvalue weighted by atomic mass is 9.94. The summed E-state index contributed by atoms with van der Waals surface area (Å²) in [6.07, 6.45) is 6.89. The van der Waals surface area contributed by atoms with Crippen LogP contribution in [0, 0.1) is 5.92 Å². The van der Waals surface area contributed by atoms with E-state index in [0.717, 1.165) is 12.0 Å². The van der Waals surface area contributed by atoms with Gasteiger partial charge in [0, 0.05) is 0 Å². The van der Waals surface area contributed by atoms with Crippen molar-refractivity contribution in [1.82, 2.24) is 0 Å². The van der Waals surface area contributed by atoms with Gasteiger partial charge in [-0.25, -0.2) is 0 Å². The van der Waals surface area contributed by atoms with E-state index in [1.165, 1.54) is 0 Å². The second-order valence-electron chi connectivity index (χ2n) is 2.81. The van der Waals surface area contributed by atoms with E-state index >= 15 is 0 Å². The van der Waals surface area contributed by atoms with Gasteiger partial charge in [-0.05, 0) is 24.8 Å². The standard InChI is InChI=1S/C9H12O/c1-7-4-3-5-9(6-7)8(2)10/h3-5,7H,6H2,1-2H3. The number of hydrogen-bond acceptors (Lipinski definition) is 1. The van der Waals surface area contributed by atoms with E-state index in [-0.39, 0.29) is 5.78 Å². The van der Waals surface area contributed by atoms with Crippen molar-refractivity contribution in [3.05, 3.63) is 23.8 Å². The lowest BCUT2D eigenvalue weighted by molar-refractivity contribution is -0.113. The first kappa shape index (κ1) is 7.26. The van der Waals surface area contributed by atoms with Crippen LogP contribution in [0.25, 0.3) is 0 Å². The lowest BCUT2D eigenvalue weighted by Gasteiger charge is -2.10. The molecule has 0 amide bonds. The van der Waals surface area contributed by atoms with Gasteiger partial charge >= 0.3 is 0 Å². The molecule has 0 aromatic carbocycles. The van der Waals surface area contributed by atoms with E-state index in [9.17, 15) is 4.79 Å². The molecule has 0 saturated heterocycles. The summed E-state index contributed by atoms with van der Waals surface area (Å²) in [4.78, 5) is 10.8. The quantitative estimate of drug-likeness (QED) is 0.539. The van der Waals surface area contributed by atoms with Gasteiger partial charge in [-0.1, -0.05) is 25.2 Å². The molecule has 1 atom stereocenters. The number of Topliss-reactive ketones (excluding diaryl/α,β-unsaturated/α-hetero) is 1. The molecular weight excluding hydrogens is 124 g/mol. The van der Waals surface area contributed by atoms with Crippen LogP contribution in [0.1, 0.15) is 20.3 Å². The molecule has 1 rings (SSSR count). The maximum atomic E-state index is 10.8. The van der Waals surface area contributed by atoms with Crippen LogP contribution in [0.4, 0.5) is 0 Å². The Morgan fingerprint density at radius 1 is 1.70 bits per heavy atom. The van der Waals surface area contributed by atoms with Gasteiger partial charge in [0.2, 0.25) is 0 Å². The highest BCUT2D eigenvalue weighted by molar-refractivity contribution is 5.93. The molecule has 1 unspecified atom stereocenters. The van der Waals surface area contributed by atoms with Crippen molar-refractivity contribution in [1.29, 1.82) is 0 Å². The van der Waals surface area contributed by atoms with E-state index in [0.29, 0.717) is 5.92 Å². The molecular formula is C9H12O. The second kappa shape index (κ2) is 2.82. The van der Waals surface area contributed by atoms with E-state index in [2.05, 4.69) is 13.0 Å². The van der Waals surface area contributed by atoms with Crippen LogP contribution in [0.15, 0.2) is 23.8 Å². The molecule has 0 aliphatic heterocycles. The average Bonchev–Trinajstić information content (AvgIpc) is 1.88. The van der Waals surface area contributed by atoms with Crippen LogP contribution in [0.2, 0.25) is 0 Å². The molecule has 1 aliphatic rings. The summed E-state index contributed by atoms with van der Waals surface area (Å²) in [6.45, 7) is 3.74. The van der Waals surface area contributed by atoms with Gasteiger partial charge in [0.1, 0.15) is 0 Å². The topological polar surface area (TPSA) is 17.1 Å². The van der Waals surface area contributed by atoms with Gasteiger partial charge in [-0.2, -0.15) is 0 Å². The first-order valence-corrected chi connectivity index (χ1v) is 3.58. The largest absolute Gasteiger partial charge is 0.295 e.